The molecule has 1 amide bonds. The Morgan fingerprint density at radius 2 is 2.15 bits per heavy atom. The second-order valence-electron chi connectivity index (χ2n) is 5.73. The number of nitrogens with zero attached hydrogens (tertiary/aromatic N) is 1. The molecule has 0 aliphatic heterocycles. The van der Waals surface area contributed by atoms with Gasteiger partial charge in [-0.25, -0.2) is 4.98 Å². The summed E-state index contributed by atoms with van der Waals surface area (Å²) in [6, 6.07) is 3.73. The monoisotopic (exact) mass is 294 g/mol. The van der Waals surface area contributed by atoms with Crippen molar-refractivity contribution in [3.8, 4) is 0 Å². The molecule has 1 fully saturated rings. The van der Waals surface area contributed by atoms with Crippen molar-refractivity contribution in [2.45, 2.75) is 58.4 Å². The molecular formula is C16H23ClN2O. The van der Waals surface area contributed by atoms with E-state index >= 15 is 0 Å². The molecule has 0 aromatic carbocycles. The van der Waals surface area contributed by atoms with Gasteiger partial charge in [-0.05, 0) is 44.2 Å². The summed E-state index contributed by atoms with van der Waals surface area (Å²) in [5, 5.41) is 3.51. The molecule has 20 heavy (non-hydrogen) atoms. The SMILES string of the molecule is CCCc1cc(C(=O)NC(C)C2CCCC2)cc(Cl)n1. The predicted molar refractivity (Wildman–Crippen MR) is 82.1 cm³/mol. The molecule has 0 saturated heterocycles. The van der Waals surface area contributed by atoms with Crippen molar-refractivity contribution in [1.82, 2.24) is 10.3 Å². The van der Waals surface area contributed by atoms with Crippen LogP contribution in [0.3, 0.4) is 0 Å². The number of carbonyl (C=O) groups is 1. The lowest BCUT2D eigenvalue weighted by Crippen LogP contribution is -2.37. The standard InChI is InChI=1S/C16H23ClN2O/c1-3-6-14-9-13(10-15(17)19-14)16(20)18-11(2)12-7-4-5-8-12/h9-12H,3-8H2,1-2H3,(H,18,20). The van der Waals surface area contributed by atoms with Crippen LogP contribution in [0.25, 0.3) is 0 Å². The van der Waals surface area contributed by atoms with Gasteiger partial charge < -0.3 is 5.32 Å². The molecule has 3 nitrogen and oxygen atoms in total. The highest BCUT2D eigenvalue weighted by atomic mass is 35.5. The van der Waals surface area contributed by atoms with Gasteiger partial charge in [0, 0.05) is 17.3 Å². The summed E-state index contributed by atoms with van der Waals surface area (Å²) in [7, 11) is 0. The maximum atomic E-state index is 12.3. The van der Waals surface area contributed by atoms with Gasteiger partial charge in [-0.15, -0.1) is 0 Å². The molecule has 1 N–H and O–H groups in total. The first-order valence-corrected chi connectivity index (χ1v) is 7.95. The molecule has 0 bridgehead atoms. The van der Waals surface area contributed by atoms with Gasteiger partial charge in [-0.1, -0.05) is 37.8 Å². The molecule has 0 radical (unpaired) electrons. The van der Waals surface area contributed by atoms with E-state index in [2.05, 4.69) is 24.1 Å². The number of nitrogens with one attached hydrogen (secondary N) is 1. The van der Waals surface area contributed by atoms with E-state index in [0.29, 0.717) is 16.6 Å². The lowest BCUT2D eigenvalue weighted by molar-refractivity contribution is 0.0927. The second-order valence-corrected chi connectivity index (χ2v) is 6.11. The van der Waals surface area contributed by atoms with Crippen molar-refractivity contribution in [3.05, 3.63) is 28.5 Å². The number of halogens is 1. The summed E-state index contributed by atoms with van der Waals surface area (Å²) in [6.07, 6.45) is 6.85. The summed E-state index contributed by atoms with van der Waals surface area (Å²) in [4.78, 5) is 16.6. The summed E-state index contributed by atoms with van der Waals surface area (Å²) < 4.78 is 0. The number of amides is 1. The highest BCUT2D eigenvalue weighted by Gasteiger charge is 2.23. The largest absolute Gasteiger partial charge is 0.349 e. The van der Waals surface area contributed by atoms with Crippen molar-refractivity contribution in [2.75, 3.05) is 0 Å². The highest BCUT2D eigenvalue weighted by molar-refractivity contribution is 6.29. The fourth-order valence-electron chi connectivity index (χ4n) is 2.93. The van der Waals surface area contributed by atoms with Crippen molar-refractivity contribution in [1.29, 1.82) is 0 Å². The van der Waals surface area contributed by atoms with Crippen molar-refractivity contribution in [3.63, 3.8) is 0 Å². The second kappa shape index (κ2) is 7.07. The van der Waals surface area contributed by atoms with E-state index < -0.39 is 0 Å². The smallest absolute Gasteiger partial charge is 0.251 e. The van der Waals surface area contributed by atoms with Crippen LogP contribution in [0.5, 0.6) is 0 Å². The van der Waals surface area contributed by atoms with Crippen LogP contribution in [-0.4, -0.2) is 16.9 Å². The van der Waals surface area contributed by atoms with Crippen LogP contribution in [0.15, 0.2) is 12.1 Å². The van der Waals surface area contributed by atoms with Gasteiger partial charge in [-0.2, -0.15) is 0 Å². The minimum absolute atomic E-state index is 0.0361. The average Bonchev–Trinajstić information content (AvgIpc) is 2.92. The first-order chi connectivity index (χ1) is 9.60. The van der Waals surface area contributed by atoms with E-state index in [1.807, 2.05) is 6.07 Å². The van der Waals surface area contributed by atoms with E-state index in [9.17, 15) is 4.79 Å². The number of hydrogen-bond acceptors (Lipinski definition) is 2. The molecule has 1 aliphatic rings. The van der Waals surface area contributed by atoms with Crippen LogP contribution >= 0.6 is 11.6 Å². The summed E-state index contributed by atoms with van der Waals surface area (Å²) in [6.45, 7) is 4.19. The molecule has 1 aromatic heterocycles. The van der Waals surface area contributed by atoms with Gasteiger partial charge in [0.05, 0.1) is 0 Å². The summed E-state index contributed by atoms with van der Waals surface area (Å²) in [5.41, 5.74) is 1.51. The minimum Gasteiger partial charge on any atom is -0.349 e. The quantitative estimate of drug-likeness (QED) is 0.834. The molecule has 1 unspecified atom stereocenters. The molecule has 1 aliphatic carbocycles. The number of rotatable bonds is 5. The average molecular weight is 295 g/mol. The van der Waals surface area contributed by atoms with Gasteiger partial charge in [0.15, 0.2) is 0 Å². The van der Waals surface area contributed by atoms with Gasteiger partial charge in [0.25, 0.3) is 5.91 Å². The lowest BCUT2D eigenvalue weighted by Gasteiger charge is -2.20. The number of aryl methyl sites for hydroxylation is 1. The van der Waals surface area contributed by atoms with Crippen LogP contribution in [0, 0.1) is 5.92 Å². The van der Waals surface area contributed by atoms with Crippen molar-refractivity contribution in [2.24, 2.45) is 5.92 Å². The molecule has 1 aromatic rings. The number of pyridine rings is 1. The van der Waals surface area contributed by atoms with E-state index in [1.165, 1.54) is 25.7 Å². The third-order valence-corrected chi connectivity index (χ3v) is 4.27. The zero-order valence-electron chi connectivity index (χ0n) is 12.3. The fraction of sp³-hybridized carbons (Fsp3) is 0.625. The van der Waals surface area contributed by atoms with Crippen molar-refractivity contribution < 1.29 is 4.79 Å². The maximum absolute atomic E-state index is 12.3. The topological polar surface area (TPSA) is 42.0 Å². The molecule has 4 heteroatoms. The van der Waals surface area contributed by atoms with E-state index in [-0.39, 0.29) is 11.9 Å². The van der Waals surface area contributed by atoms with E-state index in [4.69, 9.17) is 11.6 Å². The van der Waals surface area contributed by atoms with Gasteiger partial charge in [0.2, 0.25) is 0 Å². The first kappa shape index (κ1) is 15.3. The molecule has 1 atom stereocenters. The van der Waals surface area contributed by atoms with Gasteiger partial charge in [-0.3, -0.25) is 4.79 Å². The number of carbonyl (C=O) groups excluding carboxylic acids is 1. The normalized spacial score (nSPS) is 17.1. The van der Waals surface area contributed by atoms with Crippen LogP contribution in [0.2, 0.25) is 5.15 Å². The molecular weight excluding hydrogens is 272 g/mol. The Morgan fingerprint density at radius 3 is 2.80 bits per heavy atom. The Bertz CT molecular complexity index is 470. The fourth-order valence-corrected chi connectivity index (χ4v) is 3.16. The maximum Gasteiger partial charge on any atom is 0.251 e. The Balaban J connectivity index is 2.04. The van der Waals surface area contributed by atoms with E-state index in [0.717, 1.165) is 18.5 Å². The Labute approximate surface area is 126 Å². The van der Waals surface area contributed by atoms with Crippen LogP contribution in [-0.2, 0) is 6.42 Å². The Kier molecular flexibility index (Phi) is 5.41. The minimum atomic E-state index is -0.0361. The zero-order chi connectivity index (χ0) is 14.5. The molecule has 1 heterocycles. The molecule has 110 valence electrons. The molecule has 1 saturated carbocycles. The Hall–Kier alpha value is -1.09. The van der Waals surface area contributed by atoms with Crippen LogP contribution in [0.1, 0.15) is 62.0 Å². The number of hydrogen-bond donors (Lipinski definition) is 1. The highest BCUT2D eigenvalue weighted by Crippen LogP contribution is 2.27. The summed E-state index contributed by atoms with van der Waals surface area (Å²) >= 11 is 6.00. The first-order valence-electron chi connectivity index (χ1n) is 7.57. The predicted octanol–water partition coefficient (Wildman–Crippen LogP) is 4.00. The molecule has 2 rings (SSSR count). The van der Waals surface area contributed by atoms with E-state index in [1.54, 1.807) is 6.07 Å². The van der Waals surface area contributed by atoms with Gasteiger partial charge in [0.1, 0.15) is 5.15 Å². The third kappa shape index (κ3) is 3.95. The zero-order valence-corrected chi connectivity index (χ0v) is 13.0. The van der Waals surface area contributed by atoms with Crippen LogP contribution < -0.4 is 5.32 Å². The van der Waals surface area contributed by atoms with Crippen molar-refractivity contribution >= 4 is 17.5 Å². The molecule has 0 spiro atoms. The number of aromatic nitrogens is 1. The third-order valence-electron chi connectivity index (χ3n) is 4.08. The lowest BCUT2D eigenvalue weighted by atomic mass is 9.99. The van der Waals surface area contributed by atoms with Gasteiger partial charge >= 0.3 is 0 Å². The summed E-state index contributed by atoms with van der Waals surface area (Å²) in [5.74, 6) is 0.581. The Morgan fingerprint density at radius 1 is 1.45 bits per heavy atom. The van der Waals surface area contributed by atoms with Crippen LogP contribution in [0.4, 0.5) is 0 Å².